The third-order valence-corrected chi connectivity index (χ3v) is 5.77. The lowest BCUT2D eigenvalue weighted by Crippen LogP contribution is -2.23. The first-order valence-electron chi connectivity index (χ1n) is 9.72. The van der Waals surface area contributed by atoms with Gasteiger partial charge in [-0.2, -0.15) is 0 Å². The lowest BCUT2D eigenvalue weighted by atomic mass is 10.1. The summed E-state index contributed by atoms with van der Waals surface area (Å²) in [6.45, 7) is 2.34. The summed E-state index contributed by atoms with van der Waals surface area (Å²) in [6, 6.07) is 15.5. The van der Waals surface area contributed by atoms with E-state index in [4.69, 9.17) is 28.9 Å². The number of nitrogen functional groups attached to an aromatic ring is 1. The monoisotopic (exact) mass is 467 g/mol. The number of nitrogens with one attached hydrogen (secondary N) is 2. The highest BCUT2D eigenvalue weighted by atomic mass is 35.5. The van der Waals surface area contributed by atoms with E-state index in [1.807, 2.05) is 31.2 Å². The highest BCUT2D eigenvalue weighted by Crippen LogP contribution is 2.35. The van der Waals surface area contributed by atoms with Gasteiger partial charge in [-0.1, -0.05) is 53.0 Å². The number of aromatic nitrogens is 1. The standard InChI is InChI=1S/C24H19Cl2N3O3/c1-12-3-2-4-13(7-12)11-28-24(32)14-5-6-19-16(8-14)22(30)23(31)21(29-19)15-9-17(25)20(27)18(26)10-15/h2-10,31H,11,27H2,1H3,(H,28,32)(H,29,30). The van der Waals surface area contributed by atoms with E-state index in [0.717, 1.165) is 11.1 Å². The van der Waals surface area contributed by atoms with E-state index in [1.54, 1.807) is 12.1 Å². The van der Waals surface area contributed by atoms with Gasteiger partial charge in [-0.15, -0.1) is 0 Å². The maximum atomic E-state index is 12.9. The van der Waals surface area contributed by atoms with E-state index in [0.29, 0.717) is 23.2 Å². The van der Waals surface area contributed by atoms with E-state index < -0.39 is 11.2 Å². The smallest absolute Gasteiger partial charge is 0.251 e. The Morgan fingerprint density at radius 1 is 1.09 bits per heavy atom. The second-order valence-electron chi connectivity index (χ2n) is 7.46. The number of nitrogens with two attached hydrogens (primary N) is 1. The molecule has 3 aromatic carbocycles. The van der Waals surface area contributed by atoms with Crippen molar-refractivity contribution < 1.29 is 9.90 Å². The molecule has 1 aromatic heterocycles. The molecule has 5 N–H and O–H groups in total. The van der Waals surface area contributed by atoms with Gasteiger partial charge in [-0.05, 0) is 42.8 Å². The van der Waals surface area contributed by atoms with Crippen molar-refractivity contribution in [1.82, 2.24) is 10.3 Å². The Labute approximate surface area is 193 Å². The van der Waals surface area contributed by atoms with E-state index in [-0.39, 0.29) is 32.7 Å². The molecule has 0 saturated carbocycles. The van der Waals surface area contributed by atoms with Gasteiger partial charge in [-0.25, -0.2) is 0 Å². The number of carbonyl (C=O) groups is 1. The molecule has 4 aromatic rings. The lowest BCUT2D eigenvalue weighted by Gasteiger charge is -2.11. The van der Waals surface area contributed by atoms with Crippen LogP contribution in [0.4, 0.5) is 5.69 Å². The van der Waals surface area contributed by atoms with Crippen LogP contribution >= 0.6 is 23.2 Å². The van der Waals surface area contributed by atoms with E-state index >= 15 is 0 Å². The van der Waals surface area contributed by atoms with Crippen molar-refractivity contribution in [3.63, 3.8) is 0 Å². The number of hydrogen-bond acceptors (Lipinski definition) is 4. The summed E-state index contributed by atoms with van der Waals surface area (Å²) in [5.74, 6) is -0.833. The number of amides is 1. The van der Waals surface area contributed by atoms with E-state index in [1.165, 1.54) is 18.2 Å². The molecule has 0 aliphatic rings. The Morgan fingerprint density at radius 2 is 1.81 bits per heavy atom. The molecule has 1 amide bonds. The second-order valence-corrected chi connectivity index (χ2v) is 8.28. The van der Waals surface area contributed by atoms with Crippen LogP contribution in [-0.2, 0) is 6.54 Å². The SMILES string of the molecule is Cc1cccc(CNC(=O)c2ccc3[nH]c(-c4cc(Cl)c(N)c(Cl)c4)c(O)c(=O)c3c2)c1. The zero-order valence-electron chi connectivity index (χ0n) is 17.0. The molecule has 1 heterocycles. The van der Waals surface area contributed by atoms with Crippen molar-refractivity contribution in [1.29, 1.82) is 0 Å². The third-order valence-electron chi connectivity index (χ3n) is 5.14. The van der Waals surface area contributed by atoms with Gasteiger partial charge in [-0.3, -0.25) is 9.59 Å². The molecule has 32 heavy (non-hydrogen) atoms. The summed E-state index contributed by atoms with van der Waals surface area (Å²) >= 11 is 12.2. The highest BCUT2D eigenvalue weighted by Gasteiger charge is 2.17. The fourth-order valence-corrected chi connectivity index (χ4v) is 3.95. The van der Waals surface area contributed by atoms with Crippen LogP contribution in [-0.4, -0.2) is 16.0 Å². The number of anilines is 1. The van der Waals surface area contributed by atoms with Crippen LogP contribution in [0.15, 0.2) is 59.4 Å². The third kappa shape index (κ3) is 4.15. The minimum atomic E-state index is -0.619. The minimum absolute atomic E-state index is 0.156. The summed E-state index contributed by atoms with van der Waals surface area (Å²) in [6.07, 6.45) is 0. The van der Waals surface area contributed by atoms with Crippen molar-refractivity contribution in [2.45, 2.75) is 13.5 Å². The van der Waals surface area contributed by atoms with Crippen LogP contribution in [0, 0.1) is 6.92 Å². The molecule has 4 rings (SSSR count). The second kappa shape index (κ2) is 8.57. The van der Waals surface area contributed by atoms with Crippen LogP contribution in [0.5, 0.6) is 5.75 Å². The molecule has 8 heteroatoms. The number of hydrogen-bond donors (Lipinski definition) is 4. The molecule has 0 saturated heterocycles. The molecule has 0 aliphatic carbocycles. The molecule has 0 radical (unpaired) electrons. The normalized spacial score (nSPS) is 11.0. The van der Waals surface area contributed by atoms with Gasteiger partial charge >= 0.3 is 0 Å². The maximum absolute atomic E-state index is 12.9. The number of aromatic hydroxyl groups is 1. The molecule has 0 fully saturated rings. The Balaban J connectivity index is 1.68. The fraction of sp³-hybridized carbons (Fsp3) is 0.0833. The first kappa shape index (κ1) is 21.7. The average Bonchev–Trinajstić information content (AvgIpc) is 2.77. The van der Waals surface area contributed by atoms with Crippen LogP contribution in [0.25, 0.3) is 22.2 Å². The topological polar surface area (TPSA) is 108 Å². The average molecular weight is 468 g/mol. The summed E-state index contributed by atoms with van der Waals surface area (Å²) in [5, 5.41) is 14.0. The van der Waals surface area contributed by atoms with Gasteiger partial charge in [0.05, 0.1) is 32.3 Å². The summed E-state index contributed by atoms with van der Waals surface area (Å²) < 4.78 is 0. The number of halogens is 2. The molecular weight excluding hydrogens is 449 g/mol. The molecule has 6 nitrogen and oxygen atoms in total. The van der Waals surface area contributed by atoms with Gasteiger partial charge in [0.1, 0.15) is 0 Å². The van der Waals surface area contributed by atoms with Crippen LogP contribution in [0.3, 0.4) is 0 Å². The van der Waals surface area contributed by atoms with E-state index in [2.05, 4.69) is 10.3 Å². The predicted molar refractivity (Wildman–Crippen MR) is 128 cm³/mol. The number of carbonyl (C=O) groups excluding carboxylic acids is 1. The van der Waals surface area contributed by atoms with Gasteiger partial charge in [0.25, 0.3) is 5.91 Å². The van der Waals surface area contributed by atoms with Gasteiger partial charge < -0.3 is 21.1 Å². The van der Waals surface area contributed by atoms with Crippen LogP contribution in [0.1, 0.15) is 21.5 Å². The number of H-pyrrole nitrogens is 1. The number of aryl methyl sites for hydroxylation is 1. The summed E-state index contributed by atoms with van der Waals surface area (Å²) in [5.41, 5.74) is 8.75. The molecule has 0 atom stereocenters. The lowest BCUT2D eigenvalue weighted by molar-refractivity contribution is 0.0951. The zero-order valence-corrected chi connectivity index (χ0v) is 18.5. The molecular formula is C24H19Cl2N3O3. The van der Waals surface area contributed by atoms with Crippen LogP contribution < -0.4 is 16.5 Å². The predicted octanol–water partition coefficient (Wildman–Crippen LogP) is 5.03. The number of fused-ring (bicyclic) bond motifs is 1. The van der Waals surface area contributed by atoms with Gasteiger partial charge in [0.15, 0.2) is 5.75 Å². The minimum Gasteiger partial charge on any atom is -0.503 e. The van der Waals surface area contributed by atoms with Crippen molar-refractivity contribution in [2.75, 3.05) is 5.73 Å². The van der Waals surface area contributed by atoms with Crippen molar-refractivity contribution >= 4 is 45.7 Å². The van der Waals surface area contributed by atoms with Crippen LogP contribution in [0.2, 0.25) is 10.0 Å². The van der Waals surface area contributed by atoms with Gasteiger partial charge in [0, 0.05) is 17.7 Å². The van der Waals surface area contributed by atoms with Crippen molar-refractivity contribution in [2.24, 2.45) is 0 Å². The summed E-state index contributed by atoms with van der Waals surface area (Å²) in [7, 11) is 0. The Kier molecular flexibility index (Phi) is 5.82. The van der Waals surface area contributed by atoms with E-state index in [9.17, 15) is 14.7 Å². The number of aromatic amines is 1. The maximum Gasteiger partial charge on any atom is 0.251 e. The van der Waals surface area contributed by atoms with Crippen molar-refractivity contribution in [3.05, 3.63) is 91.6 Å². The number of rotatable bonds is 4. The molecule has 0 unspecified atom stereocenters. The molecule has 0 aliphatic heterocycles. The molecule has 0 bridgehead atoms. The van der Waals surface area contributed by atoms with Gasteiger partial charge in [0.2, 0.25) is 5.43 Å². The molecule has 162 valence electrons. The zero-order chi connectivity index (χ0) is 23.0. The Morgan fingerprint density at radius 3 is 2.50 bits per heavy atom. The summed E-state index contributed by atoms with van der Waals surface area (Å²) in [4.78, 5) is 28.5. The Hall–Kier alpha value is -3.48. The fourth-order valence-electron chi connectivity index (χ4n) is 3.46. The molecule has 0 spiro atoms. The first-order chi connectivity index (χ1) is 15.2. The highest BCUT2D eigenvalue weighted by molar-refractivity contribution is 6.39. The van der Waals surface area contributed by atoms with Crippen molar-refractivity contribution in [3.8, 4) is 17.0 Å². The Bertz CT molecular complexity index is 1410. The largest absolute Gasteiger partial charge is 0.503 e. The number of pyridine rings is 1. The first-order valence-corrected chi connectivity index (χ1v) is 10.5. The number of benzene rings is 3. The quantitative estimate of drug-likeness (QED) is 0.315.